The van der Waals surface area contributed by atoms with Crippen LogP contribution in [0, 0.1) is 0 Å². The molecule has 0 N–H and O–H groups in total. The van der Waals surface area contributed by atoms with E-state index in [4.69, 9.17) is 32.7 Å². The minimum absolute atomic E-state index is 0.178. The summed E-state index contributed by atoms with van der Waals surface area (Å²) in [7, 11) is 0. The van der Waals surface area contributed by atoms with Gasteiger partial charge in [0.25, 0.3) is 0 Å². The average Bonchev–Trinajstić information content (AvgIpc) is 2.92. The zero-order valence-electron chi connectivity index (χ0n) is 22.5. The second-order valence-corrected chi connectivity index (χ2v) is 11.2. The van der Waals surface area contributed by atoms with Crippen LogP contribution in [0.2, 0.25) is 0 Å². The van der Waals surface area contributed by atoms with E-state index in [1.165, 1.54) is 0 Å². The molecule has 1 aliphatic rings. The van der Waals surface area contributed by atoms with Gasteiger partial charge in [-0.3, -0.25) is 19.4 Å². The maximum Gasteiger partial charge on any atom is 0.313 e. The van der Waals surface area contributed by atoms with Crippen LogP contribution in [0.25, 0.3) is 0 Å². The molecule has 2 atom stereocenters. The summed E-state index contributed by atoms with van der Waals surface area (Å²) in [6.45, 7) is 8.12. The van der Waals surface area contributed by atoms with Crippen molar-refractivity contribution in [3.8, 4) is 0 Å². The van der Waals surface area contributed by atoms with Gasteiger partial charge in [-0.15, -0.1) is 0 Å². The van der Waals surface area contributed by atoms with Crippen molar-refractivity contribution in [2.24, 2.45) is 0 Å². The molecule has 0 aliphatic carbocycles. The Morgan fingerprint density at radius 3 is 1.71 bits per heavy atom. The quantitative estimate of drug-likeness (QED) is 0.122. The highest BCUT2D eigenvalue weighted by Crippen LogP contribution is 2.31. The Hall–Kier alpha value is -2.12. The molecule has 38 heavy (non-hydrogen) atoms. The zero-order chi connectivity index (χ0) is 27.4. The molecule has 1 fully saturated rings. The Kier molecular flexibility index (Phi) is 12.4. The molecule has 1 heterocycles. The molecule has 0 radical (unpaired) electrons. The van der Waals surface area contributed by atoms with Crippen LogP contribution in [-0.2, 0) is 19.1 Å². The van der Waals surface area contributed by atoms with Crippen molar-refractivity contribution in [1.82, 2.24) is 9.80 Å². The van der Waals surface area contributed by atoms with E-state index in [1.54, 1.807) is 0 Å². The van der Waals surface area contributed by atoms with Gasteiger partial charge in [-0.1, -0.05) is 97.7 Å². The van der Waals surface area contributed by atoms with E-state index in [2.05, 4.69) is 4.90 Å². The molecule has 1 aliphatic heterocycles. The molecule has 0 amide bonds. The normalized spacial score (nSPS) is 17.5. The molecule has 2 aromatic rings. The van der Waals surface area contributed by atoms with Crippen LogP contribution < -0.4 is 0 Å². The number of benzene rings is 2. The van der Waals surface area contributed by atoms with Gasteiger partial charge in [0.05, 0.1) is 25.0 Å². The van der Waals surface area contributed by atoms with Gasteiger partial charge < -0.3 is 9.47 Å². The number of rotatable bonds is 14. The van der Waals surface area contributed by atoms with Crippen LogP contribution in [-0.4, -0.2) is 72.1 Å². The van der Waals surface area contributed by atoms with Gasteiger partial charge in [-0.2, -0.15) is 0 Å². The summed E-state index contributed by atoms with van der Waals surface area (Å²) in [5, 5.41) is 0. The molecule has 2 unspecified atom stereocenters. The zero-order valence-corrected chi connectivity index (χ0v) is 24.0. The lowest BCUT2D eigenvalue weighted by Crippen LogP contribution is -2.56. The predicted octanol–water partition coefficient (Wildman–Crippen LogP) is 5.99. The molecule has 0 spiro atoms. The summed E-state index contributed by atoms with van der Waals surface area (Å²) in [4.78, 5) is 29.3. The molecule has 6 nitrogen and oxygen atoms in total. The third-order valence-electron chi connectivity index (χ3n) is 7.03. The molecule has 0 aromatic heterocycles. The van der Waals surface area contributed by atoms with Crippen molar-refractivity contribution in [2.45, 2.75) is 55.8 Å². The summed E-state index contributed by atoms with van der Waals surface area (Å²) in [5.41, 5.74) is 1.97. The fourth-order valence-electron chi connectivity index (χ4n) is 4.88. The Morgan fingerprint density at radius 1 is 0.789 bits per heavy atom. The van der Waals surface area contributed by atoms with Crippen molar-refractivity contribution in [2.75, 3.05) is 45.9 Å². The number of hydrogen-bond acceptors (Lipinski definition) is 6. The summed E-state index contributed by atoms with van der Waals surface area (Å²) >= 11 is 13.4. The summed E-state index contributed by atoms with van der Waals surface area (Å²) in [6, 6.07) is 19.5. The van der Waals surface area contributed by atoms with Crippen LogP contribution in [0.1, 0.15) is 62.5 Å². The lowest BCUT2D eigenvalue weighted by Gasteiger charge is -2.43. The van der Waals surface area contributed by atoms with Gasteiger partial charge in [0.1, 0.15) is 0 Å². The number of hydrogen-bond donors (Lipinski definition) is 0. The maximum absolute atomic E-state index is 12.6. The van der Waals surface area contributed by atoms with E-state index >= 15 is 0 Å². The molecule has 208 valence electrons. The minimum Gasteiger partial charge on any atom is -0.465 e. The Morgan fingerprint density at radius 2 is 1.26 bits per heavy atom. The highest BCUT2D eigenvalue weighted by molar-refractivity contribution is 6.48. The van der Waals surface area contributed by atoms with Gasteiger partial charge in [-0.05, 0) is 36.8 Å². The number of halogens is 2. The second-order valence-electron chi connectivity index (χ2n) is 9.71. The Labute approximate surface area is 237 Å². The summed E-state index contributed by atoms with van der Waals surface area (Å²) in [6.07, 6.45) is 2.78. The first kappa shape index (κ1) is 30.4. The van der Waals surface area contributed by atoms with Gasteiger partial charge in [0, 0.05) is 32.7 Å². The van der Waals surface area contributed by atoms with Crippen LogP contribution in [0.15, 0.2) is 60.7 Å². The molecule has 3 rings (SSSR count). The number of alkyl halides is 2. The fraction of sp³-hybridized carbons (Fsp3) is 0.533. The molecule has 8 heteroatoms. The lowest BCUT2D eigenvalue weighted by atomic mass is 9.97. The van der Waals surface area contributed by atoms with Crippen LogP contribution in [0.4, 0.5) is 0 Å². The van der Waals surface area contributed by atoms with E-state index in [-0.39, 0.29) is 23.8 Å². The van der Waals surface area contributed by atoms with Crippen LogP contribution in [0.3, 0.4) is 0 Å². The van der Waals surface area contributed by atoms with E-state index in [9.17, 15) is 9.59 Å². The molecular weight excluding hydrogens is 523 g/mol. The number of ether oxygens (including phenoxy) is 2. The standard InChI is InChI=1S/C30H40Cl2N2O4/c1-3-26(24-13-7-5-8-14-24)28(35)37-21-11-17-33-19-20-34(30(31,32)23-33)18-12-22-38-29(36)27(4-2)25-15-9-6-10-16-25/h5-10,13-16,26-27H,3-4,11-12,17-23H2,1-2H3. The Balaban J connectivity index is 1.34. The van der Waals surface area contributed by atoms with Crippen molar-refractivity contribution >= 4 is 35.1 Å². The first-order valence-corrected chi connectivity index (χ1v) is 14.4. The lowest BCUT2D eigenvalue weighted by molar-refractivity contribution is -0.146. The highest BCUT2D eigenvalue weighted by atomic mass is 35.5. The van der Waals surface area contributed by atoms with E-state index in [0.29, 0.717) is 52.1 Å². The van der Waals surface area contributed by atoms with Crippen molar-refractivity contribution in [3.63, 3.8) is 0 Å². The molecule has 0 bridgehead atoms. The average molecular weight is 564 g/mol. The second kappa shape index (κ2) is 15.5. The van der Waals surface area contributed by atoms with Crippen LogP contribution in [0.5, 0.6) is 0 Å². The third kappa shape index (κ3) is 8.98. The number of nitrogens with zero attached hydrogens (tertiary/aromatic N) is 2. The highest BCUT2D eigenvalue weighted by Gasteiger charge is 2.37. The van der Waals surface area contributed by atoms with Gasteiger partial charge in [0.2, 0.25) is 0 Å². The molecule has 2 aromatic carbocycles. The van der Waals surface area contributed by atoms with Gasteiger partial charge in [0.15, 0.2) is 4.46 Å². The summed E-state index contributed by atoms with van der Waals surface area (Å²) in [5.74, 6) is -0.850. The number of esters is 2. The number of carbonyl (C=O) groups is 2. The van der Waals surface area contributed by atoms with Crippen molar-refractivity contribution in [3.05, 3.63) is 71.8 Å². The molecule has 1 saturated heterocycles. The fourth-order valence-corrected chi connectivity index (χ4v) is 5.55. The smallest absolute Gasteiger partial charge is 0.313 e. The largest absolute Gasteiger partial charge is 0.465 e. The first-order chi connectivity index (χ1) is 18.4. The van der Waals surface area contributed by atoms with E-state index in [1.807, 2.05) is 79.4 Å². The first-order valence-electron chi connectivity index (χ1n) is 13.6. The number of carbonyl (C=O) groups excluding carboxylic acids is 2. The topological polar surface area (TPSA) is 59.1 Å². The van der Waals surface area contributed by atoms with Gasteiger partial charge in [-0.25, -0.2) is 0 Å². The summed E-state index contributed by atoms with van der Waals surface area (Å²) < 4.78 is 10.1. The number of piperazine rings is 1. The minimum atomic E-state index is -1.02. The predicted molar refractivity (Wildman–Crippen MR) is 153 cm³/mol. The molecule has 0 saturated carbocycles. The SMILES string of the molecule is CCC(C(=O)OCCCN1CCN(CCCOC(=O)C(CC)c2ccccc2)C(Cl)(Cl)C1)c1ccccc1. The van der Waals surface area contributed by atoms with E-state index < -0.39 is 4.46 Å². The maximum atomic E-state index is 12.6. The van der Waals surface area contributed by atoms with Crippen LogP contribution >= 0.6 is 23.2 Å². The van der Waals surface area contributed by atoms with Gasteiger partial charge >= 0.3 is 11.9 Å². The van der Waals surface area contributed by atoms with E-state index in [0.717, 1.165) is 30.6 Å². The van der Waals surface area contributed by atoms with Crippen molar-refractivity contribution in [1.29, 1.82) is 0 Å². The Bertz CT molecular complexity index is 990. The monoisotopic (exact) mass is 562 g/mol. The van der Waals surface area contributed by atoms with Crippen molar-refractivity contribution < 1.29 is 19.1 Å². The molecular formula is C30H40Cl2N2O4. The third-order valence-corrected chi connectivity index (χ3v) is 7.75.